The van der Waals surface area contributed by atoms with Crippen LogP contribution < -0.4 is 5.32 Å². The summed E-state index contributed by atoms with van der Waals surface area (Å²) < 4.78 is 22.7. The van der Waals surface area contributed by atoms with Gasteiger partial charge >= 0.3 is 0 Å². The molecule has 5 heteroatoms. The zero-order chi connectivity index (χ0) is 11.7. The van der Waals surface area contributed by atoms with Gasteiger partial charge in [-0.25, -0.2) is 8.42 Å². The molecule has 0 aliphatic rings. The molecule has 0 amide bonds. The molecular weight excluding hydrogens is 234 g/mol. The predicted octanol–water partition coefficient (Wildman–Crippen LogP) is 1.67. The van der Waals surface area contributed by atoms with Gasteiger partial charge in [0.2, 0.25) is 0 Å². The Bertz CT molecular complexity index is 242. The lowest BCUT2D eigenvalue weighted by Gasteiger charge is -2.10. The van der Waals surface area contributed by atoms with Gasteiger partial charge in [0, 0.05) is 18.2 Å². The first-order chi connectivity index (χ1) is 7.02. The Morgan fingerprint density at radius 1 is 1.33 bits per heavy atom. The second-order valence-corrected chi connectivity index (χ2v) is 6.62. The molecule has 0 heterocycles. The van der Waals surface area contributed by atoms with Gasteiger partial charge in [-0.1, -0.05) is 13.8 Å². The molecule has 3 nitrogen and oxygen atoms in total. The predicted molar refractivity (Wildman–Crippen MR) is 66.3 cm³/mol. The third kappa shape index (κ3) is 9.15. The van der Waals surface area contributed by atoms with Crippen LogP contribution in [0.25, 0.3) is 0 Å². The zero-order valence-electron chi connectivity index (χ0n) is 9.63. The van der Waals surface area contributed by atoms with E-state index in [9.17, 15) is 8.42 Å². The van der Waals surface area contributed by atoms with E-state index in [-0.39, 0.29) is 5.75 Å². The molecule has 0 aliphatic heterocycles. The Morgan fingerprint density at radius 3 is 2.53 bits per heavy atom. The van der Waals surface area contributed by atoms with Gasteiger partial charge < -0.3 is 5.32 Å². The number of hydrogen-bond donors (Lipinski definition) is 1. The van der Waals surface area contributed by atoms with Crippen molar-refractivity contribution in [2.45, 2.75) is 26.7 Å². The van der Waals surface area contributed by atoms with E-state index in [2.05, 4.69) is 12.2 Å². The number of sulfone groups is 1. The van der Waals surface area contributed by atoms with E-state index in [0.29, 0.717) is 30.5 Å². The molecule has 1 atom stereocenters. The third-order valence-electron chi connectivity index (χ3n) is 2.20. The molecule has 0 bridgehead atoms. The summed E-state index contributed by atoms with van der Waals surface area (Å²) >= 11 is 5.60. The van der Waals surface area contributed by atoms with Gasteiger partial charge in [-0.15, -0.1) is 11.6 Å². The van der Waals surface area contributed by atoms with Gasteiger partial charge in [0.15, 0.2) is 9.84 Å². The highest BCUT2D eigenvalue weighted by molar-refractivity contribution is 7.91. The van der Waals surface area contributed by atoms with Crippen LogP contribution in [0.1, 0.15) is 26.7 Å². The van der Waals surface area contributed by atoms with Crippen molar-refractivity contribution in [3.63, 3.8) is 0 Å². The standard InChI is InChI=1S/C10H22ClNO2S/c1-3-7-15(13,14)8-6-12-9-10(2)4-5-11/h10,12H,3-9H2,1-2H3. The van der Waals surface area contributed by atoms with Crippen molar-refractivity contribution in [2.24, 2.45) is 5.92 Å². The Hall–Kier alpha value is 0.200. The van der Waals surface area contributed by atoms with Crippen molar-refractivity contribution in [3.05, 3.63) is 0 Å². The summed E-state index contributed by atoms with van der Waals surface area (Å²) in [7, 11) is -2.83. The molecule has 1 N–H and O–H groups in total. The van der Waals surface area contributed by atoms with E-state index >= 15 is 0 Å². The highest BCUT2D eigenvalue weighted by atomic mass is 35.5. The zero-order valence-corrected chi connectivity index (χ0v) is 11.2. The molecular formula is C10H22ClNO2S. The van der Waals surface area contributed by atoms with Crippen molar-refractivity contribution < 1.29 is 8.42 Å². The first kappa shape index (κ1) is 15.2. The number of nitrogens with one attached hydrogen (secondary N) is 1. The van der Waals surface area contributed by atoms with Crippen LogP contribution >= 0.6 is 11.6 Å². The van der Waals surface area contributed by atoms with E-state index in [0.717, 1.165) is 13.0 Å². The number of rotatable bonds is 9. The van der Waals surface area contributed by atoms with Crippen LogP contribution in [0.5, 0.6) is 0 Å². The largest absolute Gasteiger partial charge is 0.315 e. The molecule has 0 aromatic rings. The second-order valence-electron chi connectivity index (χ2n) is 3.94. The maximum atomic E-state index is 11.3. The molecule has 0 spiro atoms. The smallest absolute Gasteiger partial charge is 0.151 e. The van der Waals surface area contributed by atoms with Crippen LogP contribution in [0.4, 0.5) is 0 Å². The lowest BCUT2D eigenvalue weighted by Crippen LogP contribution is -2.28. The molecule has 0 radical (unpaired) electrons. The number of halogens is 1. The summed E-state index contributed by atoms with van der Waals surface area (Å²) in [5, 5.41) is 3.15. The lowest BCUT2D eigenvalue weighted by molar-refractivity contribution is 0.510. The summed E-state index contributed by atoms with van der Waals surface area (Å²) in [6, 6.07) is 0. The fraction of sp³-hybridized carbons (Fsp3) is 1.00. The van der Waals surface area contributed by atoms with Crippen molar-refractivity contribution >= 4 is 21.4 Å². The van der Waals surface area contributed by atoms with Gasteiger partial charge in [-0.05, 0) is 25.3 Å². The minimum absolute atomic E-state index is 0.244. The first-order valence-corrected chi connectivity index (χ1v) is 7.84. The Balaban J connectivity index is 3.54. The highest BCUT2D eigenvalue weighted by Crippen LogP contribution is 2.01. The highest BCUT2D eigenvalue weighted by Gasteiger charge is 2.08. The van der Waals surface area contributed by atoms with Crippen LogP contribution in [-0.4, -0.2) is 38.9 Å². The molecule has 0 fully saturated rings. The van der Waals surface area contributed by atoms with Crippen LogP contribution in [0.15, 0.2) is 0 Å². The topological polar surface area (TPSA) is 46.2 Å². The summed E-state index contributed by atoms with van der Waals surface area (Å²) in [6.45, 7) is 5.38. The van der Waals surface area contributed by atoms with E-state index in [1.54, 1.807) is 0 Å². The van der Waals surface area contributed by atoms with E-state index in [4.69, 9.17) is 11.6 Å². The molecule has 92 valence electrons. The molecule has 0 saturated carbocycles. The summed E-state index contributed by atoms with van der Waals surface area (Å²) in [5.74, 6) is 1.72. The first-order valence-electron chi connectivity index (χ1n) is 5.49. The average Bonchev–Trinajstić information content (AvgIpc) is 2.13. The minimum atomic E-state index is -2.83. The number of hydrogen-bond acceptors (Lipinski definition) is 3. The van der Waals surface area contributed by atoms with Crippen LogP contribution in [0.2, 0.25) is 0 Å². The van der Waals surface area contributed by atoms with Gasteiger partial charge in [-0.3, -0.25) is 0 Å². The molecule has 15 heavy (non-hydrogen) atoms. The fourth-order valence-corrected chi connectivity index (χ4v) is 2.93. The average molecular weight is 256 g/mol. The maximum Gasteiger partial charge on any atom is 0.151 e. The number of alkyl halides is 1. The van der Waals surface area contributed by atoms with Gasteiger partial charge in [0.1, 0.15) is 0 Å². The van der Waals surface area contributed by atoms with E-state index in [1.807, 2.05) is 6.92 Å². The van der Waals surface area contributed by atoms with Crippen LogP contribution in [0, 0.1) is 5.92 Å². The molecule has 0 rings (SSSR count). The van der Waals surface area contributed by atoms with Gasteiger partial charge in [0.05, 0.1) is 5.75 Å². The summed E-state index contributed by atoms with van der Waals surface area (Å²) in [6.07, 6.45) is 1.67. The van der Waals surface area contributed by atoms with Crippen molar-refractivity contribution in [1.82, 2.24) is 5.32 Å². The molecule has 0 aromatic heterocycles. The second kappa shape index (κ2) is 8.36. The van der Waals surface area contributed by atoms with Crippen molar-refractivity contribution in [3.8, 4) is 0 Å². The van der Waals surface area contributed by atoms with Gasteiger partial charge in [0.25, 0.3) is 0 Å². The molecule has 0 aromatic carbocycles. The normalized spacial score (nSPS) is 14.1. The van der Waals surface area contributed by atoms with Crippen molar-refractivity contribution in [2.75, 3.05) is 30.5 Å². The van der Waals surface area contributed by atoms with Crippen LogP contribution in [0.3, 0.4) is 0 Å². The Labute approximate surface area is 98.5 Å². The Kier molecular flexibility index (Phi) is 8.47. The molecule has 0 aliphatic carbocycles. The monoisotopic (exact) mass is 255 g/mol. The van der Waals surface area contributed by atoms with Crippen molar-refractivity contribution in [1.29, 1.82) is 0 Å². The van der Waals surface area contributed by atoms with Crippen LogP contribution in [-0.2, 0) is 9.84 Å². The lowest BCUT2D eigenvalue weighted by atomic mass is 10.1. The SMILES string of the molecule is CCCS(=O)(=O)CCNCC(C)CCCl. The van der Waals surface area contributed by atoms with E-state index in [1.165, 1.54) is 0 Å². The fourth-order valence-electron chi connectivity index (χ4n) is 1.28. The summed E-state index contributed by atoms with van der Waals surface area (Å²) in [4.78, 5) is 0. The molecule has 0 saturated heterocycles. The third-order valence-corrected chi connectivity index (χ3v) is 4.27. The Morgan fingerprint density at radius 2 is 2.00 bits per heavy atom. The quantitative estimate of drug-likeness (QED) is 0.504. The van der Waals surface area contributed by atoms with Gasteiger partial charge in [-0.2, -0.15) is 0 Å². The summed E-state index contributed by atoms with van der Waals surface area (Å²) in [5.41, 5.74) is 0. The van der Waals surface area contributed by atoms with E-state index < -0.39 is 9.84 Å². The minimum Gasteiger partial charge on any atom is -0.315 e. The maximum absolute atomic E-state index is 11.3. The molecule has 1 unspecified atom stereocenters.